The Morgan fingerprint density at radius 1 is 1.38 bits per heavy atom. The average molecular weight is 174 g/mol. The summed E-state index contributed by atoms with van der Waals surface area (Å²) in [5.41, 5.74) is 1.19. The molecule has 1 aromatic carbocycles. The van der Waals surface area contributed by atoms with Crippen LogP contribution >= 0.6 is 0 Å². The third-order valence-electron chi connectivity index (χ3n) is 1.76. The first kappa shape index (κ1) is 9.83. The fourth-order valence-corrected chi connectivity index (χ4v) is 0.976. The van der Waals surface area contributed by atoms with E-state index in [-0.39, 0.29) is 5.92 Å². The molecule has 0 bridgehead atoms. The van der Waals surface area contributed by atoms with Crippen LogP contribution in [-0.4, -0.2) is 6.61 Å². The largest absolute Gasteiger partial charge is 0.376 e. The number of terminal acetylenes is 1. The van der Waals surface area contributed by atoms with Crippen molar-refractivity contribution in [3.8, 4) is 12.3 Å². The molecule has 1 heteroatoms. The molecule has 1 nitrogen and oxygen atoms in total. The molecule has 0 fully saturated rings. The van der Waals surface area contributed by atoms with Gasteiger partial charge in [0.25, 0.3) is 0 Å². The summed E-state index contributed by atoms with van der Waals surface area (Å²) in [6, 6.07) is 10.1. The van der Waals surface area contributed by atoms with Crippen molar-refractivity contribution in [1.29, 1.82) is 0 Å². The first-order valence-corrected chi connectivity index (χ1v) is 4.40. The van der Waals surface area contributed by atoms with Gasteiger partial charge in [0, 0.05) is 5.92 Å². The molecule has 0 spiro atoms. The van der Waals surface area contributed by atoms with Gasteiger partial charge in [-0.25, -0.2) is 0 Å². The van der Waals surface area contributed by atoms with Crippen LogP contribution in [0, 0.1) is 18.3 Å². The zero-order chi connectivity index (χ0) is 9.52. The third-order valence-corrected chi connectivity index (χ3v) is 1.76. The van der Waals surface area contributed by atoms with Gasteiger partial charge in [-0.05, 0) is 12.5 Å². The Labute approximate surface area is 79.7 Å². The van der Waals surface area contributed by atoms with Crippen LogP contribution in [0.1, 0.15) is 12.5 Å². The van der Waals surface area contributed by atoms with Gasteiger partial charge in [-0.2, -0.15) is 0 Å². The van der Waals surface area contributed by atoms with E-state index in [1.807, 2.05) is 37.3 Å². The molecule has 0 aliphatic carbocycles. The van der Waals surface area contributed by atoms with Crippen LogP contribution < -0.4 is 0 Å². The van der Waals surface area contributed by atoms with Crippen LogP contribution in [0.25, 0.3) is 0 Å². The molecule has 68 valence electrons. The zero-order valence-electron chi connectivity index (χ0n) is 7.86. The summed E-state index contributed by atoms with van der Waals surface area (Å²) >= 11 is 0. The highest BCUT2D eigenvalue weighted by Gasteiger charge is 1.96. The highest BCUT2D eigenvalue weighted by molar-refractivity contribution is 5.13. The number of benzene rings is 1. The summed E-state index contributed by atoms with van der Waals surface area (Å²) in [6.07, 6.45) is 5.22. The summed E-state index contributed by atoms with van der Waals surface area (Å²) in [6.45, 7) is 3.25. The summed E-state index contributed by atoms with van der Waals surface area (Å²) in [7, 11) is 0. The van der Waals surface area contributed by atoms with Crippen LogP contribution in [0.3, 0.4) is 0 Å². The lowest BCUT2D eigenvalue weighted by Crippen LogP contribution is -2.03. The molecule has 0 aliphatic rings. The highest BCUT2D eigenvalue weighted by atomic mass is 16.5. The first-order chi connectivity index (χ1) is 6.33. The maximum Gasteiger partial charge on any atom is 0.0717 e. The van der Waals surface area contributed by atoms with E-state index in [4.69, 9.17) is 11.2 Å². The van der Waals surface area contributed by atoms with Crippen molar-refractivity contribution in [2.45, 2.75) is 13.5 Å². The molecule has 1 unspecified atom stereocenters. The van der Waals surface area contributed by atoms with E-state index in [0.29, 0.717) is 13.2 Å². The van der Waals surface area contributed by atoms with Crippen LogP contribution in [0.4, 0.5) is 0 Å². The van der Waals surface area contributed by atoms with Crippen molar-refractivity contribution >= 4 is 0 Å². The van der Waals surface area contributed by atoms with Gasteiger partial charge in [0.15, 0.2) is 0 Å². The van der Waals surface area contributed by atoms with Gasteiger partial charge in [0.05, 0.1) is 13.2 Å². The topological polar surface area (TPSA) is 9.23 Å². The molecule has 1 rings (SSSR count). The minimum atomic E-state index is 0.198. The van der Waals surface area contributed by atoms with Gasteiger partial charge in [-0.3, -0.25) is 0 Å². The summed E-state index contributed by atoms with van der Waals surface area (Å²) in [5.74, 6) is 2.82. The monoisotopic (exact) mass is 174 g/mol. The molecular weight excluding hydrogens is 160 g/mol. The third kappa shape index (κ3) is 3.78. The molecule has 1 aromatic rings. The minimum absolute atomic E-state index is 0.198. The van der Waals surface area contributed by atoms with Crippen molar-refractivity contribution in [2.24, 2.45) is 5.92 Å². The van der Waals surface area contributed by atoms with Crippen molar-refractivity contribution in [1.82, 2.24) is 0 Å². The molecular formula is C12H14O. The molecule has 0 radical (unpaired) electrons. The second-order valence-corrected chi connectivity index (χ2v) is 3.07. The molecule has 1 atom stereocenters. The Morgan fingerprint density at radius 3 is 2.69 bits per heavy atom. The van der Waals surface area contributed by atoms with E-state index in [1.165, 1.54) is 5.56 Å². The first-order valence-electron chi connectivity index (χ1n) is 4.40. The van der Waals surface area contributed by atoms with Crippen LogP contribution in [-0.2, 0) is 11.3 Å². The number of rotatable bonds is 4. The summed E-state index contributed by atoms with van der Waals surface area (Å²) < 4.78 is 5.43. The number of hydrogen-bond donors (Lipinski definition) is 0. The fourth-order valence-electron chi connectivity index (χ4n) is 0.976. The Morgan fingerprint density at radius 2 is 2.08 bits per heavy atom. The van der Waals surface area contributed by atoms with Crippen LogP contribution in [0.15, 0.2) is 30.3 Å². The Bertz CT molecular complexity index is 271. The number of hydrogen-bond acceptors (Lipinski definition) is 1. The number of ether oxygens (including phenoxy) is 1. The van der Waals surface area contributed by atoms with Gasteiger partial charge in [-0.1, -0.05) is 30.3 Å². The molecule has 0 heterocycles. The minimum Gasteiger partial charge on any atom is -0.376 e. The SMILES string of the molecule is C#CC(C)COCc1ccccc1. The Hall–Kier alpha value is -1.26. The quantitative estimate of drug-likeness (QED) is 0.637. The average Bonchev–Trinajstić information content (AvgIpc) is 2.19. The lowest BCUT2D eigenvalue weighted by molar-refractivity contribution is 0.106. The normalized spacial score (nSPS) is 12.0. The molecule has 0 saturated carbocycles. The Balaban J connectivity index is 2.25. The van der Waals surface area contributed by atoms with Gasteiger partial charge in [0.2, 0.25) is 0 Å². The maximum atomic E-state index is 5.43. The molecule has 13 heavy (non-hydrogen) atoms. The smallest absolute Gasteiger partial charge is 0.0717 e. The van der Waals surface area contributed by atoms with Gasteiger partial charge in [-0.15, -0.1) is 12.3 Å². The van der Waals surface area contributed by atoms with E-state index in [1.54, 1.807) is 0 Å². The lowest BCUT2D eigenvalue weighted by Gasteiger charge is -2.05. The van der Waals surface area contributed by atoms with E-state index in [9.17, 15) is 0 Å². The zero-order valence-corrected chi connectivity index (χ0v) is 7.86. The van der Waals surface area contributed by atoms with E-state index >= 15 is 0 Å². The standard InChI is InChI=1S/C12H14O/c1-3-11(2)9-13-10-12-7-5-4-6-8-12/h1,4-8,11H,9-10H2,2H3. The van der Waals surface area contributed by atoms with Crippen molar-refractivity contribution < 1.29 is 4.74 Å². The lowest BCUT2D eigenvalue weighted by atomic mass is 10.2. The highest BCUT2D eigenvalue weighted by Crippen LogP contribution is 2.02. The maximum absolute atomic E-state index is 5.43. The predicted molar refractivity (Wildman–Crippen MR) is 54.1 cm³/mol. The van der Waals surface area contributed by atoms with Crippen molar-refractivity contribution in [3.63, 3.8) is 0 Å². The Kier molecular flexibility index (Phi) is 4.08. The summed E-state index contributed by atoms with van der Waals surface area (Å²) in [4.78, 5) is 0. The molecule has 0 amide bonds. The van der Waals surface area contributed by atoms with Gasteiger partial charge < -0.3 is 4.74 Å². The molecule has 0 saturated heterocycles. The molecule has 0 aliphatic heterocycles. The van der Waals surface area contributed by atoms with Crippen LogP contribution in [0.5, 0.6) is 0 Å². The molecule has 0 aromatic heterocycles. The second-order valence-electron chi connectivity index (χ2n) is 3.07. The van der Waals surface area contributed by atoms with Gasteiger partial charge in [0.1, 0.15) is 0 Å². The van der Waals surface area contributed by atoms with Crippen LogP contribution in [0.2, 0.25) is 0 Å². The van der Waals surface area contributed by atoms with E-state index in [2.05, 4.69) is 5.92 Å². The van der Waals surface area contributed by atoms with Crippen molar-refractivity contribution in [3.05, 3.63) is 35.9 Å². The van der Waals surface area contributed by atoms with E-state index in [0.717, 1.165) is 0 Å². The predicted octanol–water partition coefficient (Wildman–Crippen LogP) is 2.47. The van der Waals surface area contributed by atoms with Gasteiger partial charge >= 0.3 is 0 Å². The second kappa shape index (κ2) is 5.40. The summed E-state index contributed by atoms with van der Waals surface area (Å²) in [5, 5.41) is 0. The van der Waals surface area contributed by atoms with Crippen molar-refractivity contribution in [2.75, 3.05) is 6.61 Å². The fraction of sp³-hybridized carbons (Fsp3) is 0.333. The van der Waals surface area contributed by atoms with E-state index < -0.39 is 0 Å². The molecule has 0 N–H and O–H groups in total.